The molecule has 1 heterocycles. The van der Waals surface area contributed by atoms with Crippen molar-refractivity contribution in [3.8, 4) is 5.69 Å². The van der Waals surface area contributed by atoms with Crippen LogP contribution in [0.15, 0.2) is 27.8 Å². The molecule has 1 aromatic carbocycles. The maximum atomic E-state index is 13.1. The van der Waals surface area contributed by atoms with E-state index in [0.29, 0.717) is 11.0 Å². The van der Waals surface area contributed by atoms with Gasteiger partial charge in [0.25, 0.3) is 5.56 Å². The van der Waals surface area contributed by atoms with Crippen molar-refractivity contribution in [2.45, 2.75) is 38.3 Å². The number of carboxylic acids is 2. The van der Waals surface area contributed by atoms with Gasteiger partial charge in [0.15, 0.2) is 0 Å². The summed E-state index contributed by atoms with van der Waals surface area (Å²) in [5.74, 6) is -3.11. The van der Waals surface area contributed by atoms with Crippen molar-refractivity contribution in [3.63, 3.8) is 0 Å². The normalized spacial score (nSPS) is 12.6. The van der Waals surface area contributed by atoms with Gasteiger partial charge in [0.1, 0.15) is 5.69 Å². The Kier molecular flexibility index (Phi) is 6.99. The van der Waals surface area contributed by atoms with Crippen LogP contribution < -0.4 is 11.2 Å². The predicted molar refractivity (Wildman–Crippen MR) is 104 cm³/mol. The summed E-state index contributed by atoms with van der Waals surface area (Å²) in [5, 5.41) is 18.2. The van der Waals surface area contributed by atoms with Crippen LogP contribution >= 0.6 is 11.6 Å². The summed E-state index contributed by atoms with van der Waals surface area (Å²) in [6.07, 6.45) is -4.75. The van der Waals surface area contributed by atoms with Crippen molar-refractivity contribution >= 4 is 23.5 Å². The third-order valence-electron chi connectivity index (χ3n) is 4.82. The third-order valence-corrected chi connectivity index (χ3v) is 5.25. The van der Waals surface area contributed by atoms with Crippen LogP contribution in [0.25, 0.3) is 5.69 Å². The van der Waals surface area contributed by atoms with E-state index in [1.54, 1.807) is 6.92 Å². The fourth-order valence-electron chi connectivity index (χ4n) is 3.23. The topological polar surface area (TPSA) is 119 Å². The molecule has 0 amide bonds. The zero-order valence-corrected chi connectivity index (χ0v) is 17.1. The van der Waals surface area contributed by atoms with E-state index in [-0.39, 0.29) is 39.7 Å². The number of carboxylic acid groups (broad SMARTS) is 2. The highest BCUT2D eigenvalue weighted by Crippen LogP contribution is 2.35. The van der Waals surface area contributed by atoms with Crippen LogP contribution in [0, 0.1) is 0 Å². The second kappa shape index (κ2) is 8.96. The number of hydrogen-bond donors (Lipinski definition) is 2. The van der Waals surface area contributed by atoms with Crippen LogP contribution in [-0.4, -0.2) is 31.3 Å². The molecule has 0 bridgehead atoms. The molecule has 1 aromatic heterocycles. The average Bonchev–Trinajstić information content (AvgIpc) is 2.65. The van der Waals surface area contributed by atoms with E-state index in [0.717, 1.165) is 13.1 Å². The number of aliphatic carboxylic acids is 1. The van der Waals surface area contributed by atoms with Gasteiger partial charge in [-0.05, 0) is 36.5 Å². The zero-order valence-electron chi connectivity index (χ0n) is 16.4. The van der Waals surface area contributed by atoms with E-state index in [9.17, 15) is 37.5 Å². The molecule has 0 spiro atoms. The van der Waals surface area contributed by atoms with Gasteiger partial charge < -0.3 is 10.2 Å². The fourth-order valence-corrected chi connectivity index (χ4v) is 3.57. The summed E-state index contributed by atoms with van der Waals surface area (Å²) in [6.45, 7) is 1.71. The first-order chi connectivity index (χ1) is 14.3. The highest BCUT2D eigenvalue weighted by atomic mass is 35.5. The molecule has 0 fully saturated rings. The van der Waals surface area contributed by atoms with Gasteiger partial charge in [0, 0.05) is 19.5 Å². The number of rotatable bonds is 7. The van der Waals surface area contributed by atoms with Crippen LogP contribution in [0.5, 0.6) is 0 Å². The standard InChI is InChI=1S/C19H18ClF3N2O6/c1-3-9(4-5-15(27)28)11-6-10(7-12(16(11)20)17(29)30)25-14(26)8-13(19(21,22)23)24(2)18(25)31/h6-9H,3-5H2,1-2H3,(H,27,28)(H,29,30). The van der Waals surface area contributed by atoms with Crippen LogP contribution in [0.2, 0.25) is 5.02 Å². The number of benzene rings is 1. The molecule has 1 unspecified atom stereocenters. The smallest absolute Gasteiger partial charge is 0.431 e. The second-order valence-electron chi connectivity index (χ2n) is 6.78. The first-order valence-corrected chi connectivity index (χ1v) is 9.36. The van der Waals surface area contributed by atoms with Crippen molar-refractivity contribution in [2.75, 3.05) is 0 Å². The van der Waals surface area contributed by atoms with Crippen LogP contribution in [0.3, 0.4) is 0 Å². The highest BCUT2D eigenvalue weighted by molar-refractivity contribution is 6.34. The van der Waals surface area contributed by atoms with E-state index in [1.165, 1.54) is 6.07 Å². The molecule has 0 aliphatic heterocycles. The van der Waals surface area contributed by atoms with Crippen molar-refractivity contribution in [1.29, 1.82) is 0 Å². The Morgan fingerprint density at radius 2 is 1.77 bits per heavy atom. The second-order valence-corrected chi connectivity index (χ2v) is 7.16. The van der Waals surface area contributed by atoms with E-state index < -0.39 is 46.5 Å². The summed E-state index contributed by atoms with van der Waals surface area (Å²) in [7, 11) is 0.831. The molecule has 2 N–H and O–H groups in total. The predicted octanol–water partition coefficient (Wildman–Crippen LogP) is 3.27. The minimum absolute atomic E-state index is 0.0913. The van der Waals surface area contributed by atoms with Gasteiger partial charge in [-0.3, -0.25) is 14.2 Å². The van der Waals surface area contributed by atoms with E-state index in [4.69, 9.17) is 16.7 Å². The molecule has 168 valence electrons. The van der Waals surface area contributed by atoms with Gasteiger partial charge in [0.2, 0.25) is 0 Å². The number of halogens is 4. The maximum absolute atomic E-state index is 13.1. The van der Waals surface area contributed by atoms with Gasteiger partial charge in [-0.15, -0.1) is 0 Å². The number of carbonyl (C=O) groups is 2. The molecule has 0 saturated heterocycles. The first-order valence-electron chi connectivity index (χ1n) is 8.98. The van der Waals surface area contributed by atoms with Gasteiger partial charge in [-0.1, -0.05) is 18.5 Å². The van der Waals surface area contributed by atoms with Gasteiger partial charge in [0.05, 0.1) is 16.3 Å². The summed E-state index contributed by atoms with van der Waals surface area (Å²) in [5.41, 5.74) is -4.68. The van der Waals surface area contributed by atoms with Crippen molar-refractivity contribution < 1.29 is 33.0 Å². The number of hydrogen-bond acceptors (Lipinski definition) is 4. The van der Waals surface area contributed by atoms with Gasteiger partial charge >= 0.3 is 23.8 Å². The number of aromatic carboxylic acids is 1. The Bertz CT molecular complexity index is 1150. The number of alkyl halides is 3. The lowest BCUT2D eigenvalue weighted by Crippen LogP contribution is -2.40. The fraction of sp³-hybridized carbons (Fsp3) is 0.368. The van der Waals surface area contributed by atoms with Gasteiger partial charge in [-0.2, -0.15) is 13.2 Å². The number of nitrogens with zero attached hydrogens (tertiary/aromatic N) is 2. The van der Waals surface area contributed by atoms with E-state index in [1.807, 2.05) is 0 Å². The molecule has 12 heteroatoms. The monoisotopic (exact) mass is 462 g/mol. The molecular formula is C19H18ClF3N2O6. The lowest BCUT2D eigenvalue weighted by molar-refractivity contribution is -0.144. The molecular weight excluding hydrogens is 445 g/mol. The minimum atomic E-state index is -4.95. The maximum Gasteiger partial charge on any atom is 0.431 e. The van der Waals surface area contributed by atoms with Crippen LogP contribution in [-0.2, 0) is 18.0 Å². The molecule has 0 radical (unpaired) electrons. The highest BCUT2D eigenvalue weighted by Gasteiger charge is 2.35. The Morgan fingerprint density at radius 1 is 1.16 bits per heavy atom. The van der Waals surface area contributed by atoms with Crippen molar-refractivity contribution in [2.24, 2.45) is 7.05 Å². The number of aromatic nitrogens is 2. The van der Waals surface area contributed by atoms with E-state index in [2.05, 4.69) is 0 Å². The SMILES string of the molecule is CCC(CCC(=O)O)c1cc(-n2c(=O)cc(C(F)(F)F)n(C)c2=O)cc(C(=O)O)c1Cl. The molecule has 1 atom stereocenters. The molecule has 2 rings (SSSR count). The largest absolute Gasteiger partial charge is 0.481 e. The summed E-state index contributed by atoms with van der Waals surface area (Å²) in [4.78, 5) is 47.5. The molecule has 0 aliphatic rings. The van der Waals surface area contributed by atoms with Gasteiger partial charge in [-0.25, -0.2) is 14.2 Å². The third kappa shape index (κ3) is 4.98. The summed E-state index contributed by atoms with van der Waals surface area (Å²) < 4.78 is 39.9. The molecule has 8 nitrogen and oxygen atoms in total. The lowest BCUT2D eigenvalue weighted by Gasteiger charge is -2.20. The summed E-state index contributed by atoms with van der Waals surface area (Å²) >= 11 is 6.20. The first kappa shape index (κ1) is 24.2. The Balaban J connectivity index is 2.82. The quantitative estimate of drug-likeness (QED) is 0.652. The van der Waals surface area contributed by atoms with Crippen LogP contribution in [0.4, 0.5) is 13.2 Å². The zero-order chi connectivity index (χ0) is 23.7. The van der Waals surface area contributed by atoms with E-state index >= 15 is 0 Å². The lowest BCUT2D eigenvalue weighted by atomic mass is 9.90. The Morgan fingerprint density at radius 3 is 2.26 bits per heavy atom. The van der Waals surface area contributed by atoms with Crippen molar-refractivity contribution in [3.05, 3.63) is 60.9 Å². The Labute approximate surface area is 178 Å². The molecule has 0 saturated carbocycles. The van der Waals surface area contributed by atoms with Crippen LogP contribution in [0.1, 0.15) is 53.7 Å². The molecule has 2 aromatic rings. The minimum Gasteiger partial charge on any atom is -0.481 e. The van der Waals surface area contributed by atoms with Crippen molar-refractivity contribution in [1.82, 2.24) is 9.13 Å². The molecule has 0 aliphatic carbocycles. The molecule has 31 heavy (non-hydrogen) atoms. The summed E-state index contributed by atoms with van der Waals surface area (Å²) in [6, 6.07) is 2.37. The Hall–Kier alpha value is -3.08. The average molecular weight is 463 g/mol.